The number of rotatable bonds is 4. The molecular formula is C16H27ClN4O. The molecule has 124 valence electrons. The number of ether oxygens (including phenoxy) is 1. The van der Waals surface area contributed by atoms with Crippen LogP contribution in [0.4, 0.5) is 5.82 Å². The van der Waals surface area contributed by atoms with E-state index in [9.17, 15) is 0 Å². The lowest BCUT2D eigenvalue weighted by Gasteiger charge is -2.37. The Bertz CT molecular complexity index is 446. The van der Waals surface area contributed by atoms with E-state index in [-0.39, 0.29) is 12.4 Å². The molecule has 5 nitrogen and oxygen atoms in total. The average Bonchev–Trinajstić information content (AvgIpc) is 2.56. The first-order chi connectivity index (χ1) is 10.3. The van der Waals surface area contributed by atoms with Gasteiger partial charge < -0.3 is 15.0 Å². The van der Waals surface area contributed by atoms with E-state index in [2.05, 4.69) is 20.1 Å². The lowest BCUT2D eigenvalue weighted by molar-refractivity contribution is 0.196. The van der Waals surface area contributed by atoms with Crippen LogP contribution in [0.2, 0.25) is 0 Å². The van der Waals surface area contributed by atoms with Crippen LogP contribution in [0.25, 0.3) is 0 Å². The van der Waals surface area contributed by atoms with Gasteiger partial charge in [-0.1, -0.05) is 0 Å². The molecule has 0 aromatic carbocycles. The molecule has 0 saturated carbocycles. The van der Waals surface area contributed by atoms with Crippen LogP contribution in [-0.2, 0) is 0 Å². The molecule has 1 aromatic heterocycles. The molecule has 0 unspecified atom stereocenters. The van der Waals surface area contributed by atoms with Crippen LogP contribution in [0.3, 0.4) is 0 Å². The van der Waals surface area contributed by atoms with Crippen molar-refractivity contribution in [1.82, 2.24) is 15.2 Å². The van der Waals surface area contributed by atoms with Gasteiger partial charge in [-0.3, -0.25) is 4.90 Å². The third-order valence-electron chi connectivity index (χ3n) is 4.62. The zero-order chi connectivity index (χ0) is 14.5. The Kier molecular flexibility index (Phi) is 6.73. The molecule has 0 amide bonds. The standard InChI is InChI=1S/C16H26N4O.ClH/c1-21-15-4-7-18-16(12-15)20-10-8-19(9-11-20)13-14-2-5-17-6-3-14;/h4,7,12,14,17H,2-3,5-6,8-11,13H2,1H3;1H. The molecule has 2 fully saturated rings. The normalized spacial score (nSPS) is 20.5. The first kappa shape index (κ1) is 17.3. The van der Waals surface area contributed by atoms with Gasteiger partial charge in [-0.15, -0.1) is 12.4 Å². The molecule has 0 bridgehead atoms. The van der Waals surface area contributed by atoms with Crippen molar-refractivity contribution in [3.8, 4) is 5.75 Å². The molecule has 1 N–H and O–H groups in total. The van der Waals surface area contributed by atoms with Crippen molar-refractivity contribution in [3.63, 3.8) is 0 Å². The molecule has 0 aliphatic carbocycles. The molecule has 0 spiro atoms. The van der Waals surface area contributed by atoms with Gasteiger partial charge in [0.05, 0.1) is 7.11 Å². The lowest BCUT2D eigenvalue weighted by atomic mass is 9.97. The van der Waals surface area contributed by atoms with Gasteiger partial charge in [-0.2, -0.15) is 0 Å². The summed E-state index contributed by atoms with van der Waals surface area (Å²) in [5.41, 5.74) is 0. The van der Waals surface area contributed by atoms with Gasteiger partial charge in [0, 0.05) is 45.0 Å². The van der Waals surface area contributed by atoms with Crippen molar-refractivity contribution in [2.45, 2.75) is 12.8 Å². The van der Waals surface area contributed by atoms with Gasteiger partial charge in [0.25, 0.3) is 0 Å². The SMILES string of the molecule is COc1ccnc(N2CCN(CC3CCNCC3)CC2)c1.Cl. The Morgan fingerprint density at radius 1 is 1.23 bits per heavy atom. The first-order valence-electron chi connectivity index (χ1n) is 8.03. The molecule has 3 heterocycles. The topological polar surface area (TPSA) is 40.6 Å². The molecule has 2 aliphatic rings. The summed E-state index contributed by atoms with van der Waals surface area (Å²) in [5, 5.41) is 3.44. The third-order valence-corrected chi connectivity index (χ3v) is 4.62. The highest BCUT2D eigenvalue weighted by Gasteiger charge is 2.22. The van der Waals surface area contributed by atoms with Gasteiger partial charge >= 0.3 is 0 Å². The maximum atomic E-state index is 5.28. The van der Waals surface area contributed by atoms with E-state index in [1.165, 1.54) is 32.5 Å². The van der Waals surface area contributed by atoms with E-state index >= 15 is 0 Å². The number of hydrogen-bond acceptors (Lipinski definition) is 5. The maximum absolute atomic E-state index is 5.28. The van der Waals surface area contributed by atoms with E-state index in [1.54, 1.807) is 7.11 Å². The summed E-state index contributed by atoms with van der Waals surface area (Å²) in [6.45, 7) is 8.06. The quantitative estimate of drug-likeness (QED) is 0.911. The summed E-state index contributed by atoms with van der Waals surface area (Å²) in [5.74, 6) is 2.81. The van der Waals surface area contributed by atoms with Gasteiger partial charge in [-0.25, -0.2) is 4.98 Å². The Balaban J connectivity index is 0.00000176. The number of aromatic nitrogens is 1. The van der Waals surface area contributed by atoms with E-state index in [4.69, 9.17) is 4.74 Å². The average molecular weight is 327 g/mol. The summed E-state index contributed by atoms with van der Waals surface area (Å²) in [6, 6.07) is 3.93. The second-order valence-electron chi connectivity index (χ2n) is 6.03. The third kappa shape index (κ3) is 4.48. The molecule has 0 atom stereocenters. The molecule has 0 radical (unpaired) electrons. The minimum atomic E-state index is 0. The van der Waals surface area contributed by atoms with Crippen molar-refractivity contribution in [1.29, 1.82) is 0 Å². The zero-order valence-electron chi connectivity index (χ0n) is 13.3. The minimum Gasteiger partial charge on any atom is -0.497 e. The van der Waals surface area contributed by atoms with Crippen LogP contribution in [0.1, 0.15) is 12.8 Å². The summed E-state index contributed by atoms with van der Waals surface area (Å²) in [7, 11) is 1.70. The van der Waals surface area contributed by atoms with Gasteiger partial charge in [0.2, 0.25) is 0 Å². The highest BCUT2D eigenvalue weighted by molar-refractivity contribution is 5.85. The predicted octanol–water partition coefficient (Wildman–Crippen LogP) is 1.63. The Labute approximate surface area is 139 Å². The Hall–Kier alpha value is -1.04. The Morgan fingerprint density at radius 2 is 1.95 bits per heavy atom. The maximum Gasteiger partial charge on any atom is 0.132 e. The molecule has 1 aromatic rings. The fraction of sp³-hybridized carbons (Fsp3) is 0.688. The van der Waals surface area contributed by atoms with Crippen molar-refractivity contribution in [2.24, 2.45) is 5.92 Å². The van der Waals surface area contributed by atoms with Gasteiger partial charge in [-0.05, 0) is 37.9 Å². The van der Waals surface area contributed by atoms with Crippen LogP contribution in [0, 0.1) is 5.92 Å². The van der Waals surface area contributed by atoms with Crippen LogP contribution in [0.5, 0.6) is 5.75 Å². The molecule has 6 heteroatoms. The van der Waals surface area contributed by atoms with Gasteiger partial charge in [0.1, 0.15) is 11.6 Å². The van der Waals surface area contributed by atoms with Crippen molar-refractivity contribution in [3.05, 3.63) is 18.3 Å². The van der Waals surface area contributed by atoms with Crippen molar-refractivity contribution >= 4 is 18.2 Å². The second-order valence-corrected chi connectivity index (χ2v) is 6.03. The highest BCUT2D eigenvalue weighted by Crippen LogP contribution is 2.20. The lowest BCUT2D eigenvalue weighted by Crippen LogP contribution is -2.48. The number of pyridine rings is 1. The monoisotopic (exact) mass is 326 g/mol. The van der Waals surface area contributed by atoms with Crippen molar-refractivity contribution < 1.29 is 4.74 Å². The fourth-order valence-electron chi connectivity index (χ4n) is 3.29. The van der Waals surface area contributed by atoms with Crippen molar-refractivity contribution in [2.75, 3.05) is 57.8 Å². The first-order valence-corrected chi connectivity index (χ1v) is 8.03. The van der Waals surface area contributed by atoms with Crippen LogP contribution in [0.15, 0.2) is 18.3 Å². The number of halogens is 1. The van der Waals surface area contributed by atoms with Gasteiger partial charge in [0.15, 0.2) is 0 Å². The highest BCUT2D eigenvalue weighted by atomic mass is 35.5. The molecule has 22 heavy (non-hydrogen) atoms. The van der Waals surface area contributed by atoms with E-state index in [1.807, 2.05) is 18.3 Å². The minimum absolute atomic E-state index is 0. The smallest absolute Gasteiger partial charge is 0.132 e. The number of piperidine rings is 1. The van der Waals surface area contributed by atoms with E-state index in [0.29, 0.717) is 0 Å². The number of hydrogen-bond donors (Lipinski definition) is 1. The van der Waals surface area contributed by atoms with Crippen LogP contribution < -0.4 is 15.0 Å². The number of anilines is 1. The van der Waals surface area contributed by atoms with E-state index in [0.717, 1.165) is 43.7 Å². The fourth-order valence-corrected chi connectivity index (χ4v) is 3.29. The number of methoxy groups -OCH3 is 1. The second kappa shape index (κ2) is 8.56. The zero-order valence-corrected chi connectivity index (χ0v) is 14.1. The molecule has 2 saturated heterocycles. The Morgan fingerprint density at radius 3 is 2.64 bits per heavy atom. The largest absolute Gasteiger partial charge is 0.497 e. The molecule has 2 aliphatic heterocycles. The number of piperazine rings is 1. The van der Waals surface area contributed by atoms with Crippen LogP contribution in [-0.4, -0.2) is 62.8 Å². The summed E-state index contributed by atoms with van der Waals surface area (Å²) in [4.78, 5) is 9.45. The summed E-state index contributed by atoms with van der Waals surface area (Å²) >= 11 is 0. The number of nitrogens with one attached hydrogen (secondary N) is 1. The molecule has 3 rings (SSSR count). The summed E-state index contributed by atoms with van der Waals surface area (Å²) < 4.78 is 5.28. The summed E-state index contributed by atoms with van der Waals surface area (Å²) in [6.07, 6.45) is 4.49. The molecular weight excluding hydrogens is 300 g/mol. The van der Waals surface area contributed by atoms with E-state index < -0.39 is 0 Å². The van der Waals surface area contributed by atoms with Crippen LogP contribution >= 0.6 is 12.4 Å². The number of nitrogens with zero attached hydrogens (tertiary/aromatic N) is 3. The predicted molar refractivity (Wildman–Crippen MR) is 92.3 cm³/mol.